The van der Waals surface area contributed by atoms with E-state index in [-0.39, 0.29) is 5.56 Å². The maximum absolute atomic E-state index is 12.0. The van der Waals surface area contributed by atoms with Crippen LogP contribution in [0.5, 0.6) is 0 Å². The maximum Gasteiger partial charge on any atom is 0.272 e. The summed E-state index contributed by atoms with van der Waals surface area (Å²) in [7, 11) is 0. The summed E-state index contributed by atoms with van der Waals surface area (Å²) in [6, 6.07) is 27.2. The first kappa shape index (κ1) is 17.4. The zero-order chi connectivity index (χ0) is 19.2. The molecule has 1 heterocycles. The molecule has 0 fully saturated rings. The molecule has 1 aromatic heterocycles. The fourth-order valence-corrected chi connectivity index (χ4v) is 2.86. The molecule has 4 rings (SSSR count). The van der Waals surface area contributed by atoms with E-state index >= 15 is 0 Å². The second-order valence-electron chi connectivity index (χ2n) is 6.17. The normalized spacial score (nSPS) is 11.8. The third kappa shape index (κ3) is 3.88. The molecule has 0 bridgehead atoms. The van der Waals surface area contributed by atoms with Crippen molar-refractivity contribution >= 4 is 28.4 Å². The predicted molar refractivity (Wildman–Crippen MR) is 114 cm³/mol. The number of aromatic amines is 1. The number of hydrogen-bond donors (Lipinski definition) is 2. The highest BCUT2D eigenvalue weighted by molar-refractivity contribution is 6.11. The van der Waals surface area contributed by atoms with Crippen molar-refractivity contribution in [3.63, 3.8) is 0 Å². The molecule has 136 valence electrons. The number of allylic oxidation sites excluding steroid dienone is 1. The van der Waals surface area contributed by atoms with Crippen molar-refractivity contribution in [1.29, 1.82) is 0 Å². The van der Waals surface area contributed by atoms with Crippen molar-refractivity contribution in [3.8, 4) is 0 Å². The van der Waals surface area contributed by atoms with Gasteiger partial charge in [-0.1, -0.05) is 84.9 Å². The monoisotopic (exact) mass is 366 g/mol. The van der Waals surface area contributed by atoms with Crippen LogP contribution in [0.4, 0.5) is 5.82 Å². The van der Waals surface area contributed by atoms with Crippen LogP contribution in [-0.4, -0.2) is 15.9 Å². The summed E-state index contributed by atoms with van der Waals surface area (Å²) in [5.41, 5.74) is 5.58. The van der Waals surface area contributed by atoms with Crippen molar-refractivity contribution in [2.45, 2.75) is 0 Å². The highest BCUT2D eigenvalue weighted by Gasteiger charge is 2.06. The molecule has 0 saturated carbocycles. The highest BCUT2D eigenvalue weighted by atomic mass is 16.1. The minimum absolute atomic E-state index is 0.225. The fourth-order valence-electron chi connectivity index (χ4n) is 2.86. The average Bonchev–Trinajstić information content (AvgIpc) is 2.76. The molecule has 0 spiro atoms. The Labute approximate surface area is 162 Å². The Bertz CT molecular complexity index is 1200. The number of H-pyrrole nitrogens is 1. The number of anilines is 1. The molecule has 4 aromatic rings. The van der Waals surface area contributed by atoms with Crippen LogP contribution >= 0.6 is 0 Å². The third-order valence-corrected chi connectivity index (χ3v) is 4.28. The van der Waals surface area contributed by atoms with Gasteiger partial charge in [-0.25, -0.2) is 5.10 Å². The summed E-state index contributed by atoms with van der Waals surface area (Å²) in [6.07, 6.45) is 3.96. The van der Waals surface area contributed by atoms with Crippen LogP contribution in [-0.2, 0) is 0 Å². The van der Waals surface area contributed by atoms with E-state index in [1.807, 2.05) is 91.0 Å². The minimum Gasteiger partial charge on any atom is -0.267 e. The van der Waals surface area contributed by atoms with E-state index in [4.69, 9.17) is 0 Å². The summed E-state index contributed by atoms with van der Waals surface area (Å²) in [6.45, 7) is 0. The Morgan fingerprint density at radius 2 is 1.50 bits per heavy atom. The summed E-state index contributed by atoms with van der Waals surface area (Å²) < 4.78 is 0. The van der Waals surface area contributed by atoms with Gasteiger partial charge in [0.05, 0.1) is 11.1 Å². The van der Waals surface area contributed by atoms with Crippen LogP contribution in [0.15, 0.2) is 101 Å². The Morgan fingerprint density at radius 1 is 0.857 bits per heavy atom. The van der Waals surface area contributed by atoms with Gasteiger partial charge in [-0.05, 0) is 17.7 Å². The Balaban J connectivity index is 1.71. The number of aromatic nitrogens is 2. The largest absolute Gasteiger partial charge is 0.272 e. The topological polar surface area (TPSA) is 70.1 Å². The summed E-state index contributed by atoms with van der Waals surface area (Å²) in [4.78, 5) is 12.0. The average molecular weight is 366 g/mol. The van der Waals surface area contributed by atoms with E-state index in [1.54, 1.807) is 6.07 Å². The van der Waals surface area contributed by atoms with Gasteiger partial charge in [0.1, 0.15) is 0 Å². The van der Waals surface area contributed by atoms with Gasteiger partial charge in [0, 0.05) is 10.9 Å². The van der Waals surface area contributed by atoms with E-state index in [0.29, 0.717) is 11.2 Å². The first-order chi connectivity index (χ1) is 13.8. The molecule has 0 saturated heterocycles. The molecule has 0 atom stereocenters. The van der Waals surface area contributed by atoms with Crippen molar-refractivity contribution in [2.24, 2.45) is 5.10 Å². The molecule has 2 N–H and O–H groups in total. The van der Waals surface area contributed by atoms with E-state index in [2.05, 4.69) is 20.7 Å². The van der Waals surface area contributed by atoms with E-state index < -0.39 is 0 Å². The molecule has 0 amide bonds. The number of hydrazone groups is 1. The van der Waals surface area contributed by atoms with Crippen LogP contribution in [0.25, 0.3) is 16.8 Å². The SMILES string of the molecule is O=c1[nH]nc(N/N=C(/C=C/c2ccccc2)c2ccccc2)c2ccccc12. The zero-order valence-electron chi connectivity index (χ0n) is 15.0. The van der Waals surface area contributed by atoms with Gasteiger partial charge in [-0.2, -0.15) is 10.2 Å². The lowest BCUT2D eigenvalue weighted by molar-refractivity contribution is 1.00. The first-order valence-electron chi connectivity index (χ1n) is 8.91. The van der Waals surface area contributed by atoms with E-state index in [9.17, 15) is 4.79 Å². The highest BCUT2D eigenvalue weighted by Crippen LogP contribution is 2.17. The molecule has 28 heavy (non-hydrogen) atoms. The smallest absolute Gasteiger partial charge is 0.267 e. The van der Waals surface area contributed by atoms with Gasteiger partial charge in [0.25, 0.3) is 5.56 Å². The van der Waals surface area contributed by atoms with Gasteiger partial charge < -0.3 is 0 Å². The quantitative estimate of drug-likeness (QED) is 0.405. The molecular formula is C23H18N4O. The maximum atomic E-state index is 12.0. The number of benzene rings is 3. The van der Waals surface area contributed by atoms with Gasteiger partial charge >= 0.3 is 0 Å². The second-order valence-corrected chi connectivity index (χ2v) is 6.17. The van der Waals surface area contributed by atoms with Crippen LogP contribution in [0.3, 0.4) is 0 Å². The molecular weight excluding hydrogens is 348 g/mol. The predicted octanol–water partition coefficient (Wildman–Crippen LogP) is 4.45. The molecule has 0 radical (unpaired) electrons. The van der Waals surface area contributed by atoms with Crippen molar-refractivity contribution in [3.05, 3.63) is 112 Å². The lowest BCUT2D eigenvalue weighted by Crippen LogP contribution is -2.11. The van der Waals surface area contributed by atoms with Crippen molar-refractivity contribution in [2.75, 3.05) is 5.43 Å². The van der Waals surface area contributed by atoms with E-state index in [0.717, 1.165) is 22.2 Å². The standard InChI is InChI=1S/C23H18N4O/c28-23-20-14-8-7-13-19(20)22(26-27-23)25-24-21(18-11-5-2-6-12-18)16-15-17-9-3-1-4-10-17/h1-16H,(H,25,26)(H,27,28)/b16-15+,24-21-. The van der Waals surface area contributed by atoms with Gasteiger partial charge in [0.15, 0.2) is 5.82 Å². The van der Waals surface area contributed by atoms with Crippen LogP contribution in [0.2, 0.25) is 0 Å². The molecule has 5 heteroatoms. The summed E-state index contributed by atoms with van der Waals surface area (Å²) >= 11 is 0. The van der Waals surface area contributed by atoms with Gasteiger partial charge in [-0.3, -0.25) is 10.2 Å². The number of nitrogens with one attached hydrogen (secondary N) is 2. The second kappa shape index (κ2) is 8.14. The number of rotatable bonds is 5. The molecule has 0 aliphatic rings. The zero-order valence-corrected chi connectivity index (χ0v) is 15.0. The lowest BCUT2D eigenvalue weighted by Gasteiger charge is -2.06. The summed E-state index contributed by atoms with van der Waals surface area (Å²) in [5, 5.41) is 12.5. The minimum atomic E-state index is -0.225. The van der Waals surface area contributed by atoms with Gasteiger partial charge in [-0.15, -0.1) is 0 Å². The lowest BCUT2D eigenvalue weighted by atomic mass is 10.1. The molecule has 0 unspecified atom stereocenters. The number of fused-ring (bicyclic) bond motifs is 1. The Morgan fingerprint density at radius 3 is 2.25 bits per heavy atom. The molecule has 3 aromatic carbocycles. The molecule has 0 aliphatic heterocycles. The van der Waals surface area contributed by atoms with Gasteiger partial charge in [0.2, 0.25) is 0 Å². The summed E-state index contributed by atoms with van der Waals surface area (Å²) in [5.74, 6) is 0.497. The fraction of sp³-hybridized carbons (Fsp3) is 0. The first-order valence-corrected chi connectivity index (χ1v) is 8.91. The van der Waals surface area contributed by atoms with Crippen molar-refractivity contribution < 1.29 is 0 Å². The molecule has 0 aliphatic carbocycles. The number of nitrogens with zero attached hydrogens (tertiary/aromatic N) is 2. The number of hydrogen-bond acceptors (Lipinski definition) is 4. The Kier molecular flexibility index (Phi) is 5.06. The third-order valence-electron chi connectivity index (χ3n) is 4.28. The van der Waals surface area contributed by atoms with Crippen molar-refractivity contribution in [1.82, 2.24) is 10.2 Å². The van der Waals surface area contributed by atoms with E-state index in [1.165, 1.54) is 0 Å². The van der Waals surface area contributed by atoms with Crippen LogP contribution < -0.4 is 11.0 Å². The van der Waals surface area contributed by atoms with Crippen LogP contribution in [0, 0.1) is 0 Å². The molecule has 5 nitrogen and oxygen atoms in total. The van der Waals surface area contributed by atoms with Crippen LogP contribution in [0.1, 0.15) is 11.1 Å². The Hall–Kier alpha value is -3.99.